The number of nitrogens with zero attached hydrogens (tertiary/aromatic N) is 1. The van der Waals surface area contributed by atoms with Gasteiger partial charge >= 0.3 is 0 Å². The van der Waals surface area contributed by atoms with Gasteiger partial charge in [0.2, 0.25) is 5.91 Å². The van der Waals surface area contributed by atoms with Crippen molar-refractivity contribution in [3.63, 3.8) is 0 Å². The van der Waals surface area contributed by atoms with Crippen LogP contribution in [0.25, 0.3) is 0 Å². The van der Waals surface area contributed by atoms with Crippen molar-refractivity contribution in [2.45, 2.75) is 31.1 Å². The second kappa shape index (κ2) is 6.62. The molecule has 0 saturated heterocycles. The number of nitrogens with one attached hydrogen (secondary N) is 1. The Morgan fingerprint density at radius 3 is 3.05 bits per heavy atom. The van der Waals surface area contributed by atoms with Gasteiger partial charge in [-0.1, -0.05) is 25.1 Å². The maximum Gasteiger partial charge on any atom is 0.236 e. The zero-order valence-electron chi connectivity index (χ0n) is 12.0. The number of benzene rings is 1. The molecule has 0 saturated carbocycles. The zero-order chi connectivity index (χ0) is 14.7. The van der Waals surface area contributed by atoms with Gasteiger partial charge in [0.15, 0.2) is 5.13 Å². The van der Waals surface area contributed by atoms with E-state index in [1.165, 1.54) is 17.0 Å². The summed E-state index contributed by atoms with van der Waals surface area (Å²) in [5.41, 5.74) is 1.18. The van der Waals surface area contributed by atoms with Crippen LogP contribution in [0, 0.1) is 5.92 Å². The third-order valence-corrected chi connectivity index (χ3v) is 5.59. The number of thioether (sulfide) groups is 1. The topological polar surface area (TPSA) is 42.0 Å². The highest BCUT2D eigenvalue weighted by molar-refractivity contribution is 8.00. The highest BCUT2D eigenvalue weighted by Gasteiger charge is 2.20. The average Bonchev–Trinajstić information content (AvgIpc) is 2.87. The Labute approximate surface area is 133 Å². The Bertz CT molecular complexity index is 624. The van der Waals surface area contributed by atoms with Crippen LogP contribution in [0.4, 0.5) is 5.13 Å². The zero-order valence-corrected chi connectivity index (χ0v) is 13.6. The number of carbonyl (C=O) groups excluding carboxylic acids is 1. The summed E-state index contributed by atoms with van der Waals surface area (Å²) >= 11 is 3.18. The van der Waals surface area contributed by atoms with Crippen molar-refractivity contribution >= 4 is 34.1 Å². The van der Waals surface area contributed by atoms with Crippen molar-refractivity contribution < 1.29 is 4.79 Å². The summed E-state index contributed by atoms with van der Waals surface area (Å²) in [5, 5.41) is 3.69. The minimum atomic E-state index is 0.0167. The molecule has 1 aromatic carbocycles. The average molecular weight is 318 g/mol. The summed E-state index contributed by atoms with van der Waals surface area (Å²) in [6, 6.07) is 9.97. The minimum Gasteiger partial charge on any atom is -0.301 e. The number of rotatable bonds is 4. The maximum atomic E-state index is 12.0. The van der Waals surface area contributed by atoms with Gasteiger partial charge in [-0.25, -0.2) is 4.98 Å². The minimum absolute atomic E-state index is 0.0167. The van der Waals surface area contributed by atoms with Crippen molar-refractivity contribution in [3.05, 3.63) is 40.9 Å². The maximum absolute atomic E-state index is 12.0. The standard InChI is InChI=1S/C16H18N2OS2/c1-11-7-8-13-14(9-11)21-16(17-13)18-15(19)10-20-12-5-3-2-4-6-12/h2-6,11H,7-10H2,1H3,(H,17,18,19). The van der Waals surface area contributed by atoms with Gasteiger partial charge in [0.05, 0.1) is 11.4 Å². The third-order valence-electron chi connectivity index (χ3n) is 3.55. The van der Waals surface area contributed by atoms with Gasteiger partial charge in [-0.05, 0) is 37.3 Å². The quantitative estimate of drug-likeness (QED) is 0.866. The number of thiazole rings is 1. The molecule has 1 aromatic heterocycles. The predicted octanol–water partition coefficient (Wildman–Crippen LogP) is 4.00. The second-order valence-electron chi connectivity index (χ2n) is 5.39. The van der Waals surface area contributed by atoms with Crippen LogP contribution in [-0.2, 0) is 17.6 Å². The molecule has 0 bridgehead atoms. The second-order valence-corrected chi connectivity index (χ2v) is 7.52. The number of aromatic nitrogens is 1. The van der Waals surface area contributed by atoms with Crippen molar-refractivity contribution in [1.29, 1.82) is 0 Å². The summed E-state index contributed by atoms with van der Waals surface area (Å²) < 4.78 is 0. The first-order valence-electron chi connectivity index (χ1n) is 7.17. The number of fused-ring (bicyclic) bond motifs is 1. The first kappa shape index (κ1) is 14.6. The molecule has 1 aliphatic carbocycles. The van der Waals surface area contributed by atoms with E-state index in [4.69, 9.17) is 0 Å². The number of aryl methyl sites for hydroxylation is 1. The van der Waals surface area contributed by atoms with Crippen LogP contribution in [0.2, 0.25) is 0 Å². The van der Waals surface area contributed by atoms with E-state index in [2.05, 4.69) is 17.2 Å². The van der Waals surface area contributed by atoms with E-state index in [-0.39, 0.29) is 5.91 Å². The van der Waals surface area contributed by atoms with Crippen molar-refractivity contribution in [2.24, 2.45) is 5.92 Å². The van der Waals surface area contributed by atoms with Crippen LogP contribution in [0.3, 0.4) is 0 Å². The van der Waals surface area contributed by atoms with Gasteiger partial charge in [0, 0.05) is 9.77 Å². The predicted molar refractivity (Wildman–Crippen MR) is 89.1 cm³/mol. The molecule has 2 aromatic rings. The smallest absolute Gasteiger partial charge is 0.236 e. The van der Waals surface area contributed by atoms with E-state index in [9.17, 15) is 4.79 Å². The van der Waals surface area contributed by atoms with Gasteiger partial charge in [0.1, 0.15) is 0 Å². The summed E-state index contributed by atoms with van der Waals surface area (Å²) in [7, 11) is 0. The molecule has 0 spiro atoms. The lowest BCUT2D eigenvalue weighted by Gasteiger charge is -2.15. The fourth-order valence-corrected chi connectivity index (χ4v) is 4.32. The van der Waals surface area contributed by atoms with E-state index in [0.29, 0.717) is 5.75 Å². The van der Waals surface area contributed by atoms with Gasteiger partial charge < -0.3 is 5.32 Å². The molecular weight excluding hydrogens is 300 g/mol. The van der Waals surface area contributed by atoms with E-state index < -0.39 is 0 Å². The van der Waals surface area contributed by atoms with Gasteiger partial charge in [0.25, 0.3) is 0 Å². The molecule has 5 heteroatoms. The number of amides is 1. The Hall–Kier alpha value is -1.33. The van der Waals surface area contributed by atoms with E-state index in [0.717, 1.165) is 28.8 Å². The molecule has 1 atom stereocenters. The van der Waals surface area contributed by atoms with Crippen LogP contribution >= 0.6 is 23.1 Å². The Kier molecular flexibility index (Phi) is 4.60. The Morgan fingerprint density at radius 1 is 1.43 bits per heavy atom. The highest BCUT2D eigenvalue weighted by atomic mass is 32.2. The molecule has 3 rings (SSSR count). The van der Waals surface area contributed by atoms with Crippen molar-refractivity contribution in [1.82, 2.24) is 4.98 Å². The first-order valence-corrected chi connectivity index (χ1v) is 8.97. The molecule has 1 amide bonds. The molecular formula is C16H18N2OS2. The summed E-state index contributed by atoms with van der Waals surface area (Å²) in [4.78, 5) is 19.0. The lowest BCUT2D eigenvalue weighted by molar-refractivity contribution is -0.113. The van der Waals surface area contributed by atoms with Crippen LogP contribution in [0.15, 0.2) is 35.2 Å². The fraction of sp³-hybridized carbons (Fsp3) is 0.375. The normalized spacial score (nSPS) is 17.3. The summed E-state index contributed by atoms with van der Waals surface area (Å²) in [5.74, 6) is 1.17. The molecule has 1 heterocycles. The van der Waals surface area contributed by atoms with Crippen LogP contribution in [-0.4, -0.2) is 16.6 Å². The van der Waals surface area contributed by atoms with Gasteiger partial charge in [-0.2, -0.15) is 0 Å². The summed E-state index contributed by atoms with van der Waals surface area (Å²) in [6.45, 7) is 2.28. The van der Waals surface area contributed by atoms with E-state index >= 15 is 0 Å². The number of carbonyl (C=O) groups is 1. The van der Waals surface area contributed by atoms with Crippen LogP contribution in [0.5, 0.6) is 0 Å². The Morgan fingerprint density at radius 2 is 2.24 bits per heavy atom. The number of anilines is 1. The third kappa shape index (κ3) is 3.86. The lowest BCUT2D eigenvalue weighted by atomic mass is 9.93. The molecule has 0 aliphatic heterocycles. The fourth-order valence-electron chi connectivity index (χ4n) is 2.41. The first-order chi connectivity index (χ1) is 10.2. The largest absolute Gasteiger partial charge is 0.301 e. The molecule has 0 radical (unpaired) electrons. The Balaban J connectivity index is 1.55. The molecule has 1 unspecified atom stereocenters. The SMILES string of the molecule is CC1CCc2nc(NC(=O)CSc3ccccc3)sc2C1. The number of hydrogen-bond donors (Lipinski definition) is 1. The van der Waals surface area contributed by atoms with Gasteiger partial charge in [-0.15, -0.1) is 23.1 Å². The van der Waals surface area contributed by atoms with Crippen molar-refractivity contribution in [3.8, 4) is 0 Å². The van der Waals surface area contributed by atoms with Crippen LogP contribution in [0.1, 0.15) is 23.9 Å². The van der Waals surface area contributed by atoms with Crippen LogP contribution < -0.4 is 5.32 Å². The molecule has 21 heavy (non-hydrogen) atoms. The highest BCUT2D eigenvalue weighted by Crippen LogP contribution is 2.32. The summed E-state index contributed by atoms with van der Waals surface area (Å²) in [6.07, 6.45) is 3.34. The molecule has 3 nitrogen and oxygen atoms in total. The van der Waals surface area contributed by atoms with E-state index in [1.807, 2.05) is 30.3 Å². The lowest BCUT2D eigenvalue weighted by Crippen LogP contribution is -2.13. The van der Waals surface area contributed by atoms with Crippen molar-refractivity contribution in [2.75, 3.05) is 11.1 Å². The van der Waals surface area contributed by atoms with Gasteiger partial charge in [-0.3, -0.25) is 4.79 Å². The number of hydrogen-bond acceptors (Lipinski definition) is 4. The van der Waals surface area contributed by atoms with E-state index in [1.54, 1.807) is 23.1 Å². The molecule has 1 aliphatic rings. The molecule has 110 valence electrons. The molecule has 1 N–H and O–H groups in total. The molecule has 0 fully saturated rings. The monoisotopic (exact) mass is 318 g/mol.